The lowest BCUT2D eigenvalue weighted by Gasteiger charge is -2.23. The summed E-state index contributed by atoms with van der Waals surface area (Å²) in [5, 5.41) is 8.94. The molecule has 0 aromatic rings. The predicted molar refractivity (Wildman–Crippen MR) is 34.3 cm³/mol. The fraction of sp³-hybridized carbons (Fsp3) is 1.00. The lowest BCUT2D eigenvalue weighted by atomic mass is 9.87. The lowest BCUT2D eigenvalue weighted by Crippen LogP contribution is -2.35. The lowest BCUT2D eigenvalue weighted by molar-refractivity contribution is -0.211. The second-order valence-electron chi connectivity index (χ2n) is 2.91. The Bertz CT molecular complexity index is 152. The quantitative estimate of drug-likeness (QED) is 0.609. The van der Waals surface area contributed by atoms with Crippen LogP contribution in [0.1, 0.15) is 12.8 Å². The number of halogens is 3. The Morgan fingerprint density at radius 3 is 2.00 bits per heavy atom. The van der Waals surface area contributed by atoms with Gasteiger partial charge in [-0.1, -0.05) is 6.32 Å². The van der Waals surface area contributed by atoms with E-state index in [-0.39, 0.29) is 19.2 Å². The summed E-state index contributed by atoms with van der Waals surface area (Å²) < 4.78 is 36.4. The summed E-state index contributed by atoms with van der Waals surface area (Å²) in [5.41, 5.74) is -1.87. The molecule has 0 heterocycles. The maximum atomic E-state index is 12.1. The highest BCUT2D eigenvalue weighted by atomic mass is 19.4. The van der Waals surface area contributed by atoms with Crippen LogP contribution in [0.5, 0.6) is 0 Å². The largest absolute Gasteiger partial charge is 0.396 e. The molecule has 1 fully saturated rings. The summed E-state index contributed by atoms with van der Waals surface area (Å²) in [4.78, 5) is 0. The van der Waals surface area contributed by atoms with E-state index in [2.05, 4.69) is 0 Å². The number of aliphatic hydroxyl groups is 1. The van der Waals surface area contributed by atoms with Crippen molar-refractivity contribution >= 4 is 7.85 Å². The van der Waals surface area contributed by atoms with Crippen LogP contribution in [-0.4, -0.2) is 25.2 Å². The Morgan fingerprint density at radius 1 is 1.45 bits per heavy atom. The van der Waals surface area contributed by atoms with Crippen LogP contribution in [-0.2, 0) is 0 Å². The van der Waals surface area contributed by atoms with E-state index in [9.17, 15) is 13.2 Å². The number of hydrogen-bond donors (Lipinski definition) is 1. The second-order valence-corrected chi connectivity index (χ2v) is 2.91. The van der Waals surface area contributed by atoms with Gasteiger partial charge in [0.15, 0.2) is 0 Å². The number of alkyl halides is 3. The van der Waals surface area contributed by atoms with Crippen LogP contribution in [0, 0.1) is 5.41 Å². The van der Waals surface area contributed by atoms with Crippen molar-refractivity contribution in [1.29, 1.82) is 0 Å². The highest BCUT2D eigenvalue weighted by molar-refractivity contribution is 6.08. The van der Waals surface area contributed by atoms with Crippen molar-refractivity contribution in [2.75, 3.05) is 0 Å². The van der Waals surface area contributed by atoms with Crippen LogP contribution in [0.3, 0.4) is 0 Å². The van der Waals surface area contributed by atoms with Gasteiger partial charge in [0.05, 0.1) is 19.4 Å². The van der Waals surface area contributed by atoms with Gasteiger partial charge >= 0.3 is 6.18 Å². The van der Waals surface area contributed by atoms with Crippen molar-refractivity contribution in [3.8, 4) is 0 Å². The fourth-order valence-electron chi connectivity index (χ4n) is 1.17. The molecule has 0 spiro atoms. The van der Waals surface area contributed by atoms with Crippen molar-refractivity contribution in [1.82, 2.24) is 0 Å². The van der Waals surface area contributed by atoms with Crippen LogP contribution in [0.4, 0.5) is 13.2 Å². The normalized spacial score (nSPS) is 24.7. The Morgan fingerprint density at radius 2 is 1.91 bits per heavy atom. The Balaban J connectivity index is 2.68. The van der Waals surface area contributed by atoms with E-state index >= 15 is 0 Å². The van der Waals surface area contributed by atoms with Gasteiger partial charge in [-0.2, -0.15) is 13.2 Å². The second kappa shape index (κ2) is 2.40. The molecule has 1 nitrogen and oxygen atoms in total. The van der Waals surface area contributed by atoms with Gasteiger partial charge in [0.25, 0.3) is 0 Å². The molecule has 1 saturated carbocycles. The van der Waals surface area contributed by atoms with Crippen LogP contribution in [0.2, 0.25) is 6.32 Å². The third-order valence-electron chi connectivity index (χ3n) is 2.21. The SMILES string of the molecule is [B]CC(O)C1(C(F)(F)F)CC1. The Kier molecular flexibility index (Phi) is 1.95. The van der Waals surface area contributed by atoms with Gasteiger partial charge in [-0.25, -0.2) is 0 Å². The van der Waals surface area contributed by atoms with Crippen molar-refractivity contribution in [2.45, 2.75) is 31.4 Å². The minimum atomic E-state index is -4.30. The predicted octanol–water partition coefficient (Wildman–Crippen LogP) is 1.28. The van der Waals surface area contributed by atoms with Crippen LogP contribution in [0.25, 0.3) is 0 Å². The van der Waals surface area contributed by atoms with Crippen LogP contribution in [0.15, 0.2) is 0 Å². The Hall–Kier alpha value is -0.185. The maximum absolute atomic E-state index is 12.1. The average molecular weight is 164 g/mol. The van der Waals surface area contributed by atoms with Gasteiger partial charge in [-0.05, 0) is 12.8 Å². The highest BCUT2D eigenvalue weighted by Crippen LogP contribution is 2.60. The molecule has 1 aliphatic carbocycles. The standard InChI is InChI=1S/C6H8BF3O/c7-3-4(11)5(1-2-5)6(8,9)10/h4,11H,1-3H2. The first-order valence-electron chi connectivity index (χ1n) is 3.39. The molecule has 62 valence electrons. The Labute approximate surface area is 64.0 Å². The van der Waals surface area contributed by atoms with Gasteiger partial charge in [-0.15, -0.1) is 0 Å². The summed E-state index contributed by atoms with van der Waals surface area (Å²) in [7, 11) is 4.94. The number of hydrogen-bond acceptors (Lipinski definition) is 1. The first-order valence-corrected chi connectivity index (χ1v) is 3.39. The van der Waals surface area contributed by atoms with Gasteiger partial charge < -0.3 is 5.11 Å². The monoisotopic (exact) mass is 164 g/mol. The zero-order chi connectivity index (χ0) is 8.70. The van der Waals surface area contributed by atoms with Gasteiger partial charge in [0.2, 0.25) is 0 Å². The number of rotatable bonds is 2. The van der Waals surface area contributed by atoms with E-state index in [4.69, 9.17) is 13.0 Å². The third-order valence-corrected chi connectivity index (χ3v) is 2.21. The molecule has 1 atom stereocenters. The highest BCUT2D eigenvalue weighted by Gasteiger charge is 2.66. The van der Waals surface area contributed by atoms with Crippen molar-refractivity contribution < 1.29 is 18.3 Å². The smallest absolute Gasteiger partial charge is 0.393 e. The minimum absolute atomic E-state index is 0.00880. The van der Waals surface area contributed by atoms with E-state index in [1.54, 1.807) is 0 Å². The van der Waals surface area contributed by atoms with Gasteiger partial charge in [-0.3, -0.25) is 0 Å². The molecule has 1 aliphatic rings. The van der Waals surface area contributed by atoms with Crippen molar-refractivity contribution in [2.24, 2.45) is 5.41 Å². The summed E-state index contributed by atoms with van der Waals surface area (Å²) in [6.45, 7) is 0. The fourth-order valence-corrected chi connectivity index (χ4v) is 1.17. The van der Waals surface area contributed by atoms with E-state index < -0.39 is 17.7 Å². The van der Waals surface area contributed by atoms with E-state index in [0.717, 1.165) is 0 Å². The first-order chi connectivity index (χ1) is 4.94. The molecular weight excluding hydrogens is 156 g/mol. The molecule has 0 amide bonds. The summed E-state index contributed by atoms with van der Waals surface area (Å²) in [6.07, 6.45) is -6.03. The zero-order valence-corrected chi connectivity index (χ0v) is 5.86. The maximum Gasteiger partial charge on any atom is 0.396 e. The first kappa shape index (κ1) is 8.91. The molecule has 0 saturated heterocycles. The zero-order valence-electron chi connectivity index (χ0n) is 5.86. The summed E-state index contributed by atoms with van der Waals surface area (Å²) >= 11 is 0. The van der Waals surface area contributed by atoms with Gasteiger partial charge in [0, 0.05) is 0 Å². The molecule has 1 N–H and O–H groups in total. The molecule has 2 radical (unpaired) electrons. The topological polar surface area (TPSA) is 20.2 Å². The number of aliphatic hydroxyl groups excluding tert-OH is 1. The van der Waals surface area contributed by atoms with Crippen LogP contribution >= 0.6 is 0 Å². The minimum Gasteiger partial charge on any atom is -0.393 e. The van der Waals surface area contributed by atoms with Crippen molar-refractivity contribution in [3.05, 3.63) is 0 Å². The molecule has 0 aromatic carbocycles. The molecule has 1 rings (SSSR count). The molecule has 0 aromatic heterocycles. The van der Waals surface area contributed by atoms with Gasteiger partial charge in [0.1, 0.15) is 0 Å². The molecule has 11 heavy (non-hydrogen) atoms. The summed E-state index contributed by atoms with van der Waals surface area (Å²) in [5.74, 6) is 0. The van der Waals surface area contributed by atoms with E-state index in [1.807, 2.05) is 0 Å². The van der Waals surface area contributed by atoms with E-state index in [1.165, 1.54) is 0 Å². The molecule has 5 heteroatoms. The summed E-state index contributed by atoms with van der Waals surface area (Å²) in [6, 6.07) is 0. The van der Waals surface area contributed by atoms with Crippen molar-refractivity contribution in [3.63, 3.8) is 0 Å². The molecule has 0 aliphatic heterocycles. The average Bonchev–Trinajstić information content (AvgIpc) is 2.63. The third kappa shape index (κ3) is 1.26. The molecule has 0 bridgehead atoms. The van der Waals surface area contributed by atoms with Crippen LogP contribution < -0.4 is 0 Å². The van der Waals surface area contributed by atoms with E-state index in [0.29, 0.717) is 0 Å². The molecule has 1 unspecified atom stereocenters. The molecular formula is C6H8BF3O.